The zero-order valence-corrected chi connectivity index (χ0v) is 16.3. The van der Waals surface area contributed by atoms with Crippen molar-refractivity contribution in [3.8, 4) is 5.75 Å². The predicted octanol–water partition coefficient (Wildman–Crippen LogP) is 3.64. The number of nitrogens with zero attached hydrogens (tertiary/aromatic N) is 3. The SMILES string of the molecule is CC(C)n1ncc2cc(COc3cccc4c3CCN(CC(=O)O)C4)ccc21. The van der Waals surface area contributed by atoms with Crippen LogP contribution in [0.25, 0.3) is 10.9 Å². The van der Waals surface area contributed by atoms with E-state index in [4.69, 9.17) is 9.84 Å². The van der Waals surface area contributed by atoms with Crippen LogP contribution in [-0.2, 0) is 24.4 Å². The van der Waals surface area contributed by atoms with Crippen LogP contribution in [-0.4, -0.2) is 38.8 Å². The second kappa shape index (κ2) is 7.64. The first-order valence-electron chi connectivity index (χ1n) is 9.65. The smallest absolute Gasteiger partial charge is 0.317 e. The van der Waals surface area contributed by atoms with Gasteiger partial charge in [0.05, 0.1) is 18.3 Å². The van der Waals surface area contributed by atoms with Crippen LogP contribution in [0.1, 0.15) is 36.6 Å². The summed E-state index contributed by atoms with van der Waals surface area (Å²) in [4.78, 5) is 12.9. The summed E-state index contributed by atoms with van der Waals surface area (Å²) in [6.07, 6.45) is 2.71. The molecule has 4 rings (SSSR count). The summed E-state index contributed by atoms with van der Waals surface area (Å²) < 4.78 is 8.17. The lowest BCUT2D eigenvalue weighted by Crippen LogP contribution is -2.34. The molecule has 2 aromatic carbocycles. The summed E-state index contributed by atoms with van der Waals surface area (Å²) in [5.41, 5.74) is 4.59. The Morgan fingerprint density at radius 2 is 2.14 bits per heavy atom. The number of aliphatic carboxylic acids is 1. The number of rotatable bonds is 6. The van der Waals surface area contributed by atoms with Crippen molar-refractivity contribution in [1.29, 1.82) is 0 Å². The van der Waals surface area contributed by atoms with Gasteiger partial charge in [-0.25, -0.2) is 0 Å². The number of ether oxygens (including phenoxy) is 1. The summed E-state index contributed by atoms with van der Waals surface area (Å²) in [6.45, 7) is 6.21. The number of hydrogen-bond acceptors (Lipinski definition) is 4. The molecule has 1 aromatic heterocycles. The topological polar surface area (TPSA) is 67.6 Å². The highest BCUT2D eigenvalue weighted by Crippen LogP contribution is 2.29. The van der Waals surface area contributed by atoms with Crippen molar-refractivity contribution in [2.75, 3.05) is 13.1 Å². The number of hydrogen-bond donors (Lipinski definition) is 1. The lowest BCUT2D eigenvalue weighted by Gasteiger charge is -2.28. The average Bonchev–Trinajstić information content (AvgIpc) is 3.09. The van der Waals surface area contributed by atoms with Gasteiger partial charge in [-0.05, 0) is 55.2 Å². The Morgan fingerprint density at radius 1 is 1.29 bits per heavy atom. The monoisotopic (exact) mass is 379 g/mol. The number of carboxylic acid groups (broad SMARTS) is 1. The minimum absolute atomic E-state index is 0.0780. The Balaban J connectivity index is 1.49. The fraction of sp³-hybridized carbons (Fsp3) is 0.364. The molecule has 1 aliphatic heterocycles. The molecule has 0 saturated heterocycles. The van der Waals surface area contributed by atoms with E-state index < -0.39 is 5.97 Å². The van der Waals surface area contributed by atoms with E-state index in [0.29, 0.717) is 19.2 Å². The van der Waals surface area contributed by atoms with Crippen LogP contribution in [0, 0.1) is 0 Å². The molecule has 6 nitrogen and oxygen atoms in total. The third kappa shape index (κ3) is 3.73. The Hall–Kier alpha value is -2.86. The molecule has 3 aromatic rings. The van der Waals surface area contributed by atoms with Gasteiger partial charge in [-0.2, -0.15) is 5.10 Å². The first-order chi connectivity index (χ1) is 13.5. The molecule has 146 valence electrons. The highest BCUT2D eigenvalue weighted by atomic mass is 16.5. The second-order valence-electron chi connectivity index (χ2n) is 7.61. The fourth-order valence-electron chi connectivity index (χ4n) is 3.86. The van der Waals surface area contributed by atoms with Crippen molar-refractivity contribution < 1.29 is 14.6 Å². The average molecular weight is 379 g/mol. The Morgan fingerprint density at radius 3 is 2.93 bits per heavy atom. The molecule has 0 fully saturated rings. The molecule has 1 N–H and O–H groups in total. The van der Waals surface area contributed by atoms with E-state index in [2.05, 4.69) is 43.2 Å². The zero-order chi connectivity index (χ0) is 19.7. The predicted molar refractivity (Wildman–Crippen MR) is 108 cm³/mol. The van der Waals surface area contributed by atoms with Crippen molar-refractivity contribution in [3.05, 3.63) is 59.3 Å². The third-order valence-electron chi connectivity index (χ3n) is 5.20. The van der Waals surface area contributed by atoms with E-state index in [9.17, 15) is 4.79 Å². The zero-order valence-electron chi connectivity index (χ0n) is 16.3. The van der Waals surface area contributed by atoms with Crippen molar-refractivity contribution >= 4 is 16.9 Å². The Labute approximate surface area is 164 Å². The van der Waals surface area contributed by atoms with Gasteiger partial charge in [0, 0.05) is 24.5 Å². The molecule has 0 saturated carbocycles. The van der Waals surface area contributed by atoms with Crippen LogP contribution in [0.3, 0.4) is 0 Å². The van der Waals surface area contributed by atoms with Gasteiger partial charge in [-0.15, -0.1) is 0 Å². The summed E-state index contributed by atoms with van der Waals surface area (Å²) in [5, 5.41) is 14.6. The summed E-state index contributed by atoms with van der Waals surface area (Å²) in [7, 11) is 0. The van der Waals surface area contributed by atoms with Crippen LogP contribution in [0.15, 0.2) is 42.6 Å². The van der Waals surface area contributed by atoms with Crippen molar-refractivity contribution in [1.82, 2.24) is 14.7 Å². The summed E-state index contributed by atoms with van der Waals surface area (Å²) in [6, 6.07) is 12.7. The first-order valence-corrected chi connectivity index (χ1v) is 9.65. The molecule has 2 heterocycles. The van der Waals surface area contributed by atoms with Crippen LogP contribution >= 0.6 is 0 Å². The number of fused-ring (bicyclic) bond motifs is 2. The molecule has 0 bridgehead atoms. The molecule has 28 heavy (non-hydrogen) atoms. The van der Waals surface area contributed by atoms with Gasteiger partial charge < -0.3 is 9.84 Å². The highest BCUT2D eigenvalue weighted by molar-refractivity contribution is 5.79. The van der Waals surface area contributed by atoms with Gasteiger partial charge in [-0.1, -0.05) is 18.2 Å². The highest BCUT2D eigenvalue weighted by Gasteiger charge is 2.21. The standard InChI is InChI=1S/C22H25N3O3/c1-15(2)25-20-7-6-16(10-18(20)11-23-25)14-28-21-5-3-4-17-12-24(13-22(26)27)9-8-19(17)21/h3-7,10-11,15H,8-9,12-14H2,1-2H3,(H,26,27). The normalized spacial score (nSPS) is 14.4. The molecular formula is C22H25N3O3. The second-order valence-corrected chi connectivity index (χ2v) is 7.61. The Kier molecular flexibility index (Phi) is 5.05. The molecular weight excluding hydrogens is 354 g/mol. The van der Waals surface area contributed by atoms with Gasteiger partial charge in [0.25, 0.3) is 0 Å². The Bertz CT molecular complexity index is 1010. The van der Waals surface area contributed by atoms with E-state index >= 15 is 0 Å². The number of carboxylic acids is 1. The maximum atomic E-state index is 11.0. The largest absolute Gasteiger partial charge is 0.489 e. The summed E-state index contributed by atoms with van der Waals surface area (Å²) in [5.74, 6) is 0.109. The van der Waals surface area contributed by atoms with E-state index in [1.165, 1.54) is 5.56 Å². The van der Waals surface area contributed by atoms with E-state index in [1.54, 1.807) is 0 Å². The maximum absolute atomic E-state index is 11.0. The lowest BCUT2D eigenvalue weighted by molar-refractivity contribution is -0.138. The van der Waals surface area contributed by atoms with Gasteiger partial charge in [-0.3, -0.25) is 14.4 Å². The van der Waals surface area contributed by atoms with Gasteiger partial charge in [0.15, 0.2) is 0 Å². The van der Waals surface area contributed by atoms with Crippen molar-refractivity contribution in [3.63, 3.8) is 0 Å². The molecule has 0 spiro atoms. The number of aromatic nitrogens is 2. The molecule has 0 aliphatic carbocycles. The van der Waals surface area contributed by atoms with Gasteiger partial charge >= 0.3 is 5.97 Å². The minimum Gasteiger partial charge on any atom is -0.489 e. The molecule has 0 amide bonds. The first kappa shape index (κ1) is 18.5. The molecule has 1 aliphatic rings. The molecule has 0 atom stereocenters. The van der Waals surface area contributed by atoms with E-state index in [1.807, 2.05) is 27.9 Å². The van der Waals surface area contributed by atoms with Crippen LogP contribution in [0.4, 0.5) is 0 Å². The minimum atomic E-state index is -0.785. The molecule has 0 unspecified atom stereocenters. The van der Waals surface area contributed by atoms with Crippen LogP contribution in [0.5, 0.6) is 5.75 Å². The maximum Gasteiger partial charge on any atom is 0.317 e. The van der Waals surface area contributed by atoms with Gasteiger partial charge in [0.2, 0.25) is 0 Å². The molecule has 6 heteroatoms. The van der Waals surface area contributed by atoms with E-state index in [-0.39, 0.29) is 6.54 Å². The fourth-order valence-corrected chi connectivity index (χ4v) is 3.86. The molecule has 0 radical (unpaired) electrons. The third-order valence-corrected chi connectivity index (χ3v) is 5.20. The number of carbonyl (C=O) groups is 1. The van der Waals surface area contributed by atoms with Gasteiger partial charge in [0.1, 0.15) is 12.4 Å². The van der Waals surface area contributed by atoms with Crippen molar-refractivity contribution in [2.24, 2.45) is 0 Å². The number of benzene rings is 2. The van der Waals surface area contributed by atoms with Crippen molar-refractivity contribution in [2.45, 2.75) is 39.5 Å². The lowest BCUT2D eigenvalue weighted by atomic mass is 9.98. The van der Waals surface area contributed by atoms with E-state index in [0.717, 1.165) is 40.7 Å². The van der Waals surface area contributed by atoms with Crippen LogP contribution in [0.2, 0.25) is 0 Å². The summed E-state index contributed by atoms with van der Waals surface area (Å²) >= 11 is 0. The quantitative estimate of drug-likeness (QED) is 0.708. The van der Waals surface area contributed by atoms with Crippen LogP contribution < -0.4 is 4.74 Å².